The van der Waals surface area contributed by atoms with E-state index in [1.54, 1.807) is 4.90 Å². The SMILES string of the molecule is O=C(OCc1ccccc1)N1CCOCCOC2(CCN(c3nc(Oc4cccc(F)c4)cc(C(F)(F)F)n3)C2)C1. The van der Waals surface area contributed by atoms with Crippen molar-refractivity contribution in [2.24, 2.45) is 0 Å². The van der Waals surface area contributed by atoms with Gasteiger partial charge >= 0.3 is 12.3 Å². The fourth-order valence-electron chi connectivity index (χ4n) is 4.70. The molecule has 0 saturated carbocycles. The van der Waals surface area contributed by atoms with Crippen LogP contribution in [0.1, 0.15) is 17.7 Å². The summed E-state index contributed by atoms with van der Waals surface area (Å²) in [5, 5.41) is 0. The van der Waals surface area contributed by atoms with Gasteiger partial charge in [0, 0.05) is 25.2 Å². The Labute approximate surface area is 233 Å². The molecule has 1 atom stereocenters. The van der Waals surface area contributed by atoms with E-state index < -0.39 is 29.4 Å². The molecule has 41 heavy (non-hydrogen) atoms. The number of hydrogen-bond acceptors (Lipinski definition) is 8. The van der Waals surface area contributed by atoms with Crippen molar-refractivity contribution in [3.63, 3.8) is 0 Å². The van der Waals surface area contributed by atoms with Crippen LogP contribution in [0.25, 0.3) is 0 Å². The van der Waals surface area contributed by atoms with Gasteiger partial charge in [0.05, 0.1) is 32.9 Å². The Kier molecular flexibility index (Phi) is 8.54. The third kappa shape index (κ3) is 7.41. The normalized spacial score (nSPS) is 19.9. The number of benzene rings is 2. The first-order valence-electron chi connectivity index (χ1n) is 13.0. The van der Waals surface area contributed by atoms with Gasteiger partial charge in [-0.3, -0.25) is 0 Å². The molecule has 1 unspecified atom stereocenters. The van der Waals surface area contributed by atoms with E-state index in [2.05, 4.69) is 9.97 Å². The highest BCUT2D eigenvalue weighted by molar-refractivity contribution is 5.68. The summed E-state index contributed by atoms with van der Waals surface area (Å²) in [5.74, 6) is -1.22. The van der Waals surface area contributed by atoms with E-state index in [0.717, 1.165) is 11.6 Å². The van der Waals surface area contributed by atoms with Crippen molar-refractivity contribution < 1.29 is 41.3 Å². The molecule has 0 aliphatic carbocycles. The zero-order valence-corrected chi connectivity index (χ0v) is 22.0. The molecule has 13 heteroatoms. The zero-order valence-electron chi connectivity index (χ0n) is 22.0. The van der Waals surface area contributed by atoms with Gasteiger partial charge in [-0.1, -0.05) is 36.4 Å². The maximum Gasteiger partial charge on any atom is 0.433 e. The summed E-state index contributed by atoms with van der Waals surface area (Å²) in [6.07, 6.45) is -4.95. The first kappa shape index (κ1) is 28.6. The molecule has 9 nitrogen and oxygen atoms in total. The number of carbonyl (C=O) groups excluding carboxylic acids is 1. The van der Waals surface area contributed by atoms with E-state index in [9.17, 15) is 22.4 Å². The topological polar surface area (TPSA) is 86.2 Å². The van der Waals surface area contributed by atoms with Crippen LogP contribution >= 0.6 is 0 Å². The number of aromatic nitrogens is 2. The number of halogens is 4. The lowest BCUT2D eigenvalue weighted by Crippen LogP contribution is -2.50. The van der Waals surface area contributed by atoms with Crippen molar-refractivity contribution in [2.75, 3.05) is 50.9 Å². The molecule has 1 aromatic heterocycles. The van der Waals surface area contributed by atoms with Gasteiger partial charge in [0.1, 0.15) is 23.8 Å². The Morgan fingerprint density at radius 3 is 2.59 bits per heavy atom. The lowest BCUT2D eigenvalue weighted by atomic mass is 10.0. The second kappa shape index (κ2) is 12.3. The van der Waals surface area contributed by atoms with Crippen molar-refractivity contribution in [1.29, 1.82) is 0 Å². The Morgan fingerprint density at radius 1 is 0.976 bits per heavy atom. The molecule has 1 spiro atoms. The number of nitrogens with zero attached hydrogens (tertiary/aromatic N) is 4. The molecule has 2 aromatic carbocycles. The molecular formula is C28H28F4N4O5. The average Bonchev–Trinajstić information content (AvgIpc) is 3.40. The minimum absolute atomic E-state index is 0.00933. The van der Waals surface area contributed by atoms with Crippen LogP contribution in [0.5, 0.6) is 11.6 Å². The lowest BCUT2D eigenvalue weighted by molar-refractivity contribution is -0.141. The Balaban J connectivity index is 1.35. The minimum atomic E-state index is -4.78. The molecule has 2 saturated heterocycles. The number of rotatable bonds is 5. The lowest BCUT2D eigenvalue weighted by Gasteiger charge is -2.34. The van der Waals surface area contributed by atoms with Crippen molar-refractivity contribution >= 4 is 12.0 Å². The Bertz CT molecular complexity index is 1350. The summed E-state index contributed by atoms with van der Waals surface area (Å²) >= 11 is 0. The van der Waals surface area contributed by atoms with Gasteiger partial charge in [-0.15, -0.1) is 0 Å². The van der Waals surface area contributed by atoms with Crippen molar-refractivity contribution in [1.82, 2.24) is 14.9 Å². The van der Waals surface area contributed by atoms with Gasteiger partial charge in [-0.25, -0.2) is 14.2 Å². The first-order valence-corrected chi connectivity index (χ1v) is 13.0. The van der Waals surface area contributed by atoms with Crippen LogP contribution < -0.4 is 9.64 Å². The Hall–Kier alpha value is -3.97. The van der Waals surface area contributed by atoms with Gasteiger partial charge in [0.15, 0.2) is 5.69 Å². The number of amides is 1. The summed E-state index contributed by atoms with van der Waals surface area (Å²) in [6, 6.07) is 14.9. The fourth-order valence-corrected chi connectivity index (χ4v) is 4.70. The monoisotopic (exact) mass is 576 g/mol. The summed E-state index contributed by atoms with van der Waals surface area (Å²) < 4.78 is 77.6. The molecule has 1 amide bonds. The summed E-state index contributed by atoms with van der Waals surface area (Å²) in [4.78, 5) is 24.0. The van der Waals surface area contributed by atoms with Crippen molar-refractivity contribution in [2.45, 2.75) is 24.8 Å². The average molecular weight is 577 g/mol. The fraction of sp³-hybridized carbons (Fsp3) is 0.393. The summed E-state index contributed by atoms with van der Waals surface area (Å²) in [5.41, 5.74) is -1.30. The van der Waals surface area contributed by atoms with Crippen molar-refractivity contribution in [3.05, 3.63) is 77.7 Å². The van der Waals surface area contributed by atoms with Gasteiger partial charge < -0.3 is 28.7 Å². The standard InChI is InChI=1S/C28H28F4N4O5/c29-21-7-4-8-22(15-21)41-24-16-23(28(30,31)32)33-25(34-24)35-10-9-27(18-35)19-36(11-12-38-13-14-40-27)26(37)39-17-20-5-2-1-3-6-20/h1-8,15-16H,9-14,17-19H2. The van der Waals surface area contributed by atoms with Crippen LogP contribution in [0.3, 0.4) is 0 Å². The molecule has 2 aliphatic heterocycles. The highest BCUT2D eigenvalue weighted by Gasteiger charge is 2.44. The second-order valence-electron chi connectivity index (χ2n) is 9.73. The molecule has 2 fully saturated rings. The highest BCUT2D eigenvalue weighted by Crippen LogP contribution is 2.35. The predicted molar refractivity (Wildman–Crippen MR) is 138 cm³/mol. The number of hydrogen-bond donors (Lipinski definition) is 0. The van der Waals surface area contributed by atoms with Gasteiger partial charge in [0.2, 0.25) is 11.8 Å². The van der Waals surface area contributed by atoms with Crippen LogP contribution in [0, 0.1) is 5.82 Å². The quantitative estimate of drug-likeness (QED) is 0.390. The van der Waals surface area contributed by atoms with E-state index in [1.165, 1.54) is 23.1 Å². The minimum Gasteiger partial charge on any atom is -0.445 e. The molecule has 2 aliphatic rings. The zero-order chi connectivity index (χ0) is 28.9. The van der Waals surface area contributed by atoms with Crippen LogP contribution in [0.2, 0.25) is 0 Å². The number of ether oxygens (including phenoxy) is 4. The number of alkyl halides is 3. The van der Waals surface area contributed by atoms with E-state index in [0.29, 0.717) is 19.1 Å². The molecular weight excluding hydrogens is 548 g/mol. The van der Waals surface area contributed by atoms with Crippen LogP contribution in [0.4, 0.5) is 28.3 Å². The summed E-state index contributed by atoms with van der Waals surface area (Å²) in [7, 11) is 0. The maximum atomic E-state index is 13.7. The maximum absolute atomic E-state index is 13.7. The second-order valence-corrected chi connectivity index (χ2v) is 9.73. The van der Waals surface area contributed by atoms with Crippen LogP contribution in [0.15, 0.2) is 60.7 Å². The largest absolute Gasteiger partial charge is 0.445 e. The predicted octanol–water partition coefficient (Wildman–Crippen LogP) is 5.06. The molecule has 3 heterocycles. The molecule has 0 radical (unpaired) electrons. The molecule has 5 rings (SSSR count). The van der Waals surface area contributed by atoms with E-state index in [1.807, 2.05) is 30.3 Å². The van der Waals surface area contributed by atoms with Crippen LogP contribution in [-0.4, -0.2) is 72.6 Å². The summed E-state index contributed by atoms with van der Waals surface area (Å²) in [6.45, 7) is 1.64. The van der Waals surface area contributed by atoms with E-state index in [4.69, 9.17) is 18.9 Å². The van der Waals surface area contributed by atoms with Gasteiger partial charge in [-0.2, -0.15) is 18.2 Å². The first-order chi connectivity index (χ1) is 19.7. The number of carbonyl (C=O) groups is 1. The van der Waals surface area contributed by atoms with Crippen molar-refractivity contribution in [3.8, 4) is 11.6 Å². The Morgan fingerprint density at radius 2 is 1.80 bits per heavy atom. The van der Waals surface area contributed by atoms with Crippen LogP contribution in [-0.2, 0) is 27.0 Å². The highest BCUT2D eigenvalue weighted by atomic mass is 19.4. The van der Waals surface area contributed by atoms with E-state index >= 15 is 0 Å². The number of anilines is 1. The third-order valence-corrected chi connectivity index (χ3v) is 6.68. The molecule has 218 valence electrons. The third-order valence-electron chi connectivity index (χ3n) is 6.68. The van der Waals surface area contributed by atoms with E-state index in [-0.39, 0.29) is 63.6 Å². The molecule has 0 bridgehead atoms. The van der Waals surface area contributed by atoms with Gasteiger partial charge in [-0.05, 0) is 24.1 Å². The smallest absolute Gasteiger partial charge is 0.433 e. The van der Waals surface area contributed by atoms with Gasteiger partial charge in [0.25, 0.3) is 0 Å². The molecule has 0 N–H and O–H groups in total. The molecule has 3 aromatic rings.